The Labute approximate surface area is 205 Å². The molecule has 0 atom stereocenters. The maximum absolute atomic E-state index is 11.9. The van der Waals surface area contributed by atoms with E-state index in [1.165, 1.54) is 28.2 Å². The minimum absolute atomic E-state index is 0.449. The zero-order valence-corrected chi connectivity index (χ0v) is 19.9. The number of nitrogen functional groups attached to an aromatic ring is 1. The van der Waals surface area contributed by atoms with Crippen LogP contribution in [-0.4, -0.2) is 15.9 Å². The van der Waals surface area contributed by atoms with Gasteiger partial charge in [0.2, 0.25) is 5.91 Å². The van der Waals surface area contributed by atoms with Gasteiger partial charge in [0.15, 0.2) is 5.13 Å². The van der Waals surface area contributed by atoms with Crippen molar-refractivity contribution in [3.05, 3.63) is 89.3 Å². The van der Waals surface area contributed by atoms with Crippen molar-refractivity contribution in [2.45, 2.75) is 6.92 Å². The first-order chi connectivity index (χ1) is 16.5. The summed E-state index contributed by atoms with van der Waals surface area (Å²) in [5.41, 5.74) is 17.9. The first-order valence-electron chi connectivity index (χ1n) is 10.5. The van der Waals surface area contributed by atoms with E-state index in [9.17, 15) is 4.79 Å². The Hall–Kier alpha value is -4.01. The SMILES string of the molecule is Cc1cccc(Nc2nc(N)c(-c3nc(-c4cccc(-c5ccccc5C(N)=O)c4)cs3)s2)c1. The van der Waals surface area contributed by atoms with Crippen molar-refractivity contribution < 1.29 is 4.79 Å². The molecule has 0 saturated heterocycles. The smallest absolute Gasteiger partial charge is 0.249 e. The lowest BCUT2D eigenvalue weighted by Crippen LogP contribution is -2.12. The molecule has 0 fully saturated rings. The van der Waals surface area contributed by atoms with Crippen LogP contribution in [0.3, 0.4) is 0 Å². The molecule has 0 spiro atoms. The standard InChI is InChI=1S/C26H21N5OS2/c1-15-6-4-9-18(12-15)29-26-31-23(27)22(34-26)25-30-21(14-33-25)17-8-5-7-16(13-17)19-10-2-3-11-20(19)24(28)32/h2-14H,27H2,1H3,(H2,28,32)(H,29,31). The third kappa shape index (κ3) is 4.41. The van der Waals surface area contributed by atoms with Crippen molar-refractivity contribution in [3.8, 4) is 32.3 Å². The summed E-state index contributed by atoms with van der Waals surface area (Å²) < 4.78 is 0. The maximum atomic E-state index is 11.9. The first kappa shape index (κ1) is 21.8. The van der Waals surface area contributed by atoms with Crippen molar-refractivity contribution in [1.82, 2.24) is 9.97 Å². The average Bonchev–Trinajstić information content (AvgIpc) is 3.46. The van der Waals surface area contributed by atoms with Gasteiger partial charge in [-0.2, -0.15) is 0 Å². The highest BCUT2D eigenvalue weighted by molar-refractivity contribution is 7.23. The fourth-order valence-corrected chi connectivity index (χ4v) is 5.52. The van der Waals surface area contributed by atoms with Crippen LogP contribution < -0.4 is 16.8 Å². The van der Waals surface area contributed by atoms with Crippen LogP contribution in [0.5, 0.6) is 0 Å². The number of benzene rings is 3. The molecule has 0 aliphatic heterocycles. The van der Waals surface area contributed by atoms with Crippen LogP contribution in [0.15, 0.2) is 78.2 Å². The molecule has 34 heavy (non-hydrogen) atoms. The molecule has 1 amide bonds. The molecule has 0 aliphatic carbocycles. The molecule has 5 N–H and O–H groups in total. The summed E-state index contributed by atoms with van der Waals surface area (Å²) in [6.07, 6.45) is 0. The highest BCUT2D eigenvalue weighted by Crippen LogP contribution is 2.39. The number of hydrogen-bond donors (Lipinski definition) is 3. The number of thiazole rings is 2. The van der Waals surface area contributed by atoms with E-state index in [1.54, 1.807) is 6.07 Å². The lowest BCUT2D eigenvalue weighted by Gasteiger charge is -2.08. The highest BCUT2D eigenvalue weighted by Gasteiger charge is 2.16. The molecule has 0 unspecified atom stereocenters. The van der Waals surface area contributed by atoms with Crippen molar-refractivity contribution in [3.63, 3.8) is 0 Å². The van der Waals surface area contributed by atoms with Gasteiger partial charge in [0.05, 0.1) is 5.69 Å². The number of aryl methyl sites for hydroxylation is 1. The van der Waals surface area contributed by atoms with Crippen molar-refractivity contribution >= 4 is 45.2 Å². The number of nitrogens with zero attached hydrogens (tertiary/aromatic N) is 2. The molecular weight excluding hydrogens is 462 g/mol. The maximum Gasteiger partial charge on any atom is 0.249 e. The molecule has 5 rings (SSSR count). The van der Waals surface area contributed by atoms with Crippen LogP contribution in [0.25, 0.3) is 32.3 Å². The fraction of sp³-hybridized carbons (Fsp3) is 0.0385. The van der Waals surface area contributed by atoms with Crippen LogP contribution in [0.4, 0.5) is 16.6 Å². The van der Waals surface area contributed by atoms with E-state index >= 15 is 0 Å². The van der Waals surface area contributed by atoms with E-state index < -0.39 is 5.91 Å². The molecule has 2 heterocycles. The molecule has 3 aromatic carbocycles. The van der Waals surface area contributed by atoms with Crippen LogP contribution in [0.2, 0.25) is 0 Å². The third-order valence-electron chi connectivity index (χ3n) is 5.28. The number of nitrogens with one attached hydrogen (secondary N) is 1. The summed E-state index contributed by atoms with van der Waals surface area (Å²) >= 11 is 3.00. The summed E-state index contributed by atoms with van der Waals surface area (Å²) in [5, 5.41) is 6.85. The summed E-state index contributed by atoms with van der Waals surface area (Å²) in [7, 11) is 0. The first-order valence-corrected chi connectivity index (χ1v) is 12.2. The zero-order valence-electron chi connectivity index (χ0n) is 18.3. The zero-order chi connectivity index (χ0) is 23.7. The molecule has 168 valence electrons. The largest absolute Gasteiger partial charge is 0.382 e. The van der Waals surface area contributed by atoms with Crippen molar-refractivity contribution in [2.75, 3.05) is 11.1 Å². The second-order valence-electron chi connectivity index (χ2n) is 7.76. The van der Waals surface area contributed by atoms with Gasteiger partial charge in [-0.25, -0.2) is 9.97 Å². The minimum atomic E-state index is -0.451. The van der Waals surface area contributed by atoms with Gasteiger partial charge in [-0.05, 0) is 47.9 Å². The highest BCUT2D eigenvalue weighted by atomic mass is 32.1. The lowest BCUT2D eigenvalue weighted by molar-refractivity contribution is 0.100. The number of primary amides is 1. The minimum Gasteiger partial charge on any atom is -0.382 e. The number of aromatic nitrogens is 2. The molecule has 0 bridgehead atoms. The average molecular weight is 484 g/mol. The second-order valence-corrected chi connectivity index (χ2v) is 9.61. The van der Waals surface area contributed by atoms with Crippen LogP contribution in [0.1, 0.15) is 15.9 Å². The predicted molar refractivity (Wildman–Crippen MR) is 141 cm³/mol. The van der Waals surface area contributed by atoms with Gasteiger partial charge in [0.25, 0.3) is 0 Å². The van der Waals surface area contributed by atoms with Crippen LogP contribution in [0, 0.1) is 6.92 Å². The van der Waals surface area contributed by atoms with Crippen molar-refractivity contribution in [1.29, 1.82) is 0 Å². The second kappa shape index (κ2) is 9.09. The molecule has 6 nitrogen and oxygen atoms in total. The number of anilines is 3. The Morgan fingerprint density at radius 3 is 2.56 bits per heavy atom. The van der Waals surface area contributed by atoms with Crippen LogP contribution in [-0.2, 0) is 0 Å². The van der Waals surface area contributed by atoms with Gasteiger partial charge in [-0.1, -0.05) is 59.9 Å². The Bertz CT molecular complexity index is 1500. The summed E-state index contributed by atoms with van der Waals surface area (Å²) in [6, 6.07) is 23.4. The molecular formula is C26H21N5OS2. The van der Waals surface area contributed by atoms with Gasteiger partial charge in [0.1, 0.15) is 15.7 Å². The number of amides is 1. The normalized spacial score (nSPS) is 10.9. The molecule has 0 saturated carbocycles. The predicted octanol–water partition coefficient (Wildman–Crippen LogP) is 6.33. The van der Waals surface area contributed by atoms with Crippen molar-refractivity contribution in [2.24, 2.45) is 5.73 Å². The van der Waals surface area contributed by atoms with E-state index in [2.05, 4.69) is 16.4 Å². The molecule has 8 heteroatoms. The number of rotatable bonds is 6. The molecule has 0 radical (unpaired) electrons. The van der Waals surface area contributed by atoms with Gasteiger partial charge in [-0.15, -0.1) is 11.3 Å². The molecule has 0 aliphatic rings. The Morgan fingerprint density at radius 1 is 0.941 bits per heavy atom. The number of carbonyl (C=O) groups excluding carboxylic acids is 1. The summed E-state index contributed by atoms with van der Waals surface area (Å²) in [5.74, 6) is -0.00196. The van der Waals surface area contributed by atoms with Gasteiger partial charge in [-0.3, -0.25) is 4.79 Å². The van der Waals surface area contributed by atoms with E-state index in [4.69, 9.17) is 16.5 Å². The quantitative estimate of drug-likeness (QED) is 0.261. The monoisotopic (exact) mass is 483 g/mol. The van der Waals surface area contributed by atoms with Gasteiger partial charge < -0.3 is 16.8 Å². The topological polar surface area (TPSA) is 107 Å². The van der Waals surface area contributed by atoms with Gasteiger partial charge >= 0.3 is 0 Å². The van der Waals surface area contributed by atoms with E-state index in [0.29, 0.717) is 11.4 Å². The number of carbonyl (C=O) groups is 1. The van der Waals surface area contributed by atoms with E-state index in [0.717, 1.165) is 43.1 Å². The van der Waals surface area contributed by atoms with E-state index in [1.807, 2.05) is 73.0 Å². The van der Waals surface area contributed by atoms with Crippen LogP contribution >= 0.6 is 22.7 Å². The summed E-state index contributed by atoms with van der Waals surface area (Å²) in [4.78, 5) is 22.0. The Balaban J connectivity index is 1.44. The summed E-state index contributed by atoms with van der Waals surface area (Å²) in [6.45, 7) is 2.05. The molecule has 2 aromatic heterocycles. The van der Waals surface area contributed by atoms with E-state index in [-0.39, 0.29) is 0 Å². The molecule has 5 aromatic rings. The van der Waals surface area contributed by atoms with Gasteiger partial charge in [0, 0.05) is 22.2 Å². The Morgan fingerprint density at radius 2 is 1.74 bits per heavy atom. The fourth-order valence-electron chi connectivity index (χ4n) is 3.69. The lowest BCUT2D eigenvalue weighted by atomic mass is 9.97. The third-order valence-corrected chi connectivity index (χ3v) is 7.27. The number of nitrogens with two attached hydrogens (primary N) is 2. The Kier molecular flexibility index (Phi) is 5.83. The number of hydrogen-bond acceptors (Lipinski definition) is 7.